The number of nitrogens with zero attached hydrogens (tertiary/aromatic N) is 2. The average molecular weight is 401 g/mol. The SMILES string of the molecule is CCc1nn2c(-c3ccc(Cl)cc3Cl)c(C)oc2c1OCc1ccccc1. The van der Waals surface area contributed by atoms with E-state index in [0.717, 1.165) is 28.9 Å². The number of aryl methyl sites for hydroxylation is 2. The van der Waals surface area contributed by atoms with Crippen molar-refractivity contribution in [1.29, 1.82) is 0 Å². The molecule has 0 saturated heterocycles. The molecule has 27 heavy (non-hydrogen) atoms. The van der Waals surface area contributed by atoms with Crippen LogP contribution in [-0.2, 0) is 13.0 Å². The zero-order valence-corrected chi connectivity index (χ0v) is 16.5. The highest BCUT2D eigenvalue weighted by molar-refractivity contribution is 6.36. The van der Waals surface area contributed by atoms with Gasteiger partial charge in [0, 0.05) is 10.6 Å². The number of ether oxygens (including phenoxy) is 1. The van der Waals surface area contributed by atoms with E-state index < -0.39 is 0 Å². The van der Waals surface area contributed by atoms with Crippen LogP contribution < -0.4 is 4.74 Å². The lowest BCUT2D eigenvalue weighted by Crippen LogP contribution is -1.97. The molecule has 2 aromatic carbocycles. The quantitative estimate of drug-likeness (QED) is 0.391. The van der Waals surface area contributed by atoms with E-state index >= 15 is 0 Å². The molecule has 0 aliphatic rings. The third-order valence-corrected chi connectivity index (χ3v) is 4.96. The van der Waals surface area contributed by atoms with Gasteiger partial charge in [0.15, 0.2) is 0 Å². The Balaban J connectivity index is 1.79. The summed E-state index contributed by atoms with van der Waals surface area (Å²) in [7, 11) is 0. The van der Waals surface area contributed by atoms with Crippen molar-refractivity contribution >= 4 is 28.9 Å². The molecule has 0 aliphatic carbocycles. The minimum Gasteiger partial charge on any atom is -0.482 e. The Kier molecular flexibility index (Phi) is 4.85. The van der Waals surface area contributed by atoms with Crippen LogP contribution in [0.2, 0.25) is 10.0 Å². The largest absolute Gasteiger partial charge is 0.482 e. The summed E-state index contributed by atoms with van der Waals surface area (Å²) in [5.41, 5.74) is 4.13. The number of rotatable bonds is 5. The summed E-state index contributed by atoms with van der Waals surface area (Å²) in [6.45, 7) is 4.38. The third kappa shape index (κ3) is 3.31. The third-order valence-electron chi connectivity index (χ3n) is 4.41. The Bertz CT molecular complexity index is 1100. The normalized spacial score (nSPS) is 11.3. The Morgan fingerprint density at radius 3 is 2.59 bits per heavy atom. The summed E-state index contributed by atoms with van der Waals surface area (Å²) < 4.78 is 13.9. The number of benzene rings is 2. The van der Waals surface area contributed by atoms with Gasteiger partial charge < -0.3 is 9.15 Å². The minimum atomic E-state index is 0.450. The molecule has 0 saturated carbocycles. The van der Waals surface area contributed by atoms with Gasteiger partial charge in [-0.05, 0) is 37.1 Å². The number of halogens is 2. The topological polar surface area (TPSA) is 39.7 Å². The highest BCUT2D eigenvalue weighted by Crippen LogP contribution is 2.38. The maximum atomic E-state index is 6.42. The van der Waals surface area contributed by atoms with Crippen molar-refractivity contribution in [2.75, 3.05) is 0 Å². The smallest absolute Gasteiger partial charge is 0.266 e. The van der Waals surface area contributed by atoms with E-state index in [9.17, 15) is 0 Å². The number of hydrogen-bond acceptors (Lipinski definition) is 3. The molecule has 2 aromatic heterocycles. The van der Waals surface area contributed by atoms with Crippen molar-refractivity contribution in [3.05, 3.63) is 75.6 Å². The van der Waals surface area contributed by atoms with Crippen molar-refractivity contribution in [3.8, 4) is 17.0 Å². The van der Waals surface area contributed by atoms with Gasteiger partial charge in [-0.3, -0.25) is 0 Å². The van der Waals surface area contributed by atoms with Gasteiger partial charge in [0.05, 0.1) is 5.02 Å². The van der Waals surface area contributed by atoms with E-state index in [1.54, 1.807) is 16.6 Å². The van der Waals surface area contributed by atoms with Crippen LogP contribution in [0.4, 0.5) is 0 Å². The molecule has 0 atom stereocenters. The summed E-state index contributed by atoms with van der Waals surface area (Å²) in [4.78, 5) is 0. The second-order valence-electron chi connectivity index (χ2n) is 6.25. The summed E-state index contributed by atoms with van der Waals surface area (Å²) in [6.07, 6.45) is 0.730. The fourth-order valence-electron chi connectivity index (χ4n) is 3.11. The molecule has 4 rings (SSSR count). The molecule has 0 amide bonds. The Morgan fingerprint density at radius 2 is 1.89 bits per heavy atom. The van der Waals surface area contributed by atoms with Crippen molar-refractivity contribution in [1.82, 2.24) is 9.61 Å². The van der Waals surface area contributed by atoms with Gasteiger partial charge in [-0.1, -0.05) is 60.5 Å². The van der Waals surface area contributed by atoms with Crippen molar-refractivity contribution in [3.63, 3.8) is 0 Å². The summed E-state index contributed by atoms with van der Waals surface area (Å²) in [5.74, 6) is 1.38. The predicted molar refractivity (Wildman–Crippen MR) is 108 cm³/mol. The first-order chi connectivity index (χ1) is 13.1. The lowest BCUT2D eigenvalue weighted by atomic mass is 10.1. The van der Waals surface area contributed by atoms with Crippen LogP contribution in [0.3, 0.4) is 0 Å². The van der Waals surface area contributed by atoms with E-state index in [0.29, 0.717) is 33.9 Å². The zero-order chi connectivity index (χ0) is 19.0. The van der Waals surface area contributed by atoms with Crippen LogP contribution in [0.25, 0.3) is 17.0 Å². The molecule has 0 bridgehead atoms. The van der Waals surface area contributed by atoms with Gasteiger partial charge >= 0.3 is 0 Å². The fraction of sp³-hybridized carbons (Fsp3) is 0.190. The zero-order valence-electron chi connectivity index (χ0n) is 15.0. The Hall–Kier alpha value is -2.43. The monoisotopic (exact) mass is 400 g/mol. The molecule has 2 heterocycles. The van der Waals surface area contributed by atoms with Crippen molar-refractivity contribution in [2.45, 2.75) is 26.9 Å². The van der Waals surface area contributed by atoms with Crippen LogP contribution >= 0.6 is 23.2 Å². The molecule has 0 unspecified atom stereocenters. The van der Waals surface area contributed by atoms with E-state index in [1.807, 2.05) is 50.2 Å². The lowest BCUT2D eigenvalue weighted by molar-refractivity contribution is 0.301. The molecular weight excluding hydrogens is 383 g/mol. The molecule has 0 fully saturated rings. The summed E-state index contributed by atoms with van der Waals surface area (Å²) in [5, 5.41) is 5.85. The molecule has 4 aromatic rings. The standard InChI is InChI=1S/C21H18Cl2N2O2/c1-3-18-20(26-12-14-7-5-4-6-8-14)21-25(24-18)19(13(2)27-21)16-10-9-15(22)11-17(16)23/h4-11H,3,12H2,1-2H3. The summed E-state index contributed by atoms with van der Waals surface area (Å²) in [6, 6.07) is 15.4. The first-order valence-electron chi connectivity index (χ1n) is 8.71. The highest BCUT2D eigenvalue weighted by atomic mass is 35.5. The van der Waals surface area contributed by atoms with Crippen LogP contribution in [0, 0.1) is 6.92 Å². The number of hydrogen-bond donors (Lipinski definition) is 0. The fourth-order valence-corrected chi connectivity index (χ4v) is 3.60. The predicted octanol–water partition coefficient (Wildman–Crippen LogP) is 6.35. The molecule has 0 N–H and O–H groups in total. The molecule has 6 heteroatoms. The first kappa shape index (κ1) is 18.0. The summed E-state index contributed by atoms with van der Waals surface area (Å²) >= 11 is 12.5. The lowest BCUT2D eigenvalue weighted by Gasteiger charge is -2.05. The van der Waals surface area contributed by atoms with Crippen LogP contribution in [0.1, 0.15) is 23.9 Å². The second-order valence-corrected chi connectivity index (χ2v) is 7.10. The second kappa shape index (κ2) is 7.29. The van der Waals surface area contributed by atoms with E-state index in [2.05, 4.69) is 0 Å². The average Bonchev–Trinajstić information content (AvgIpc) is 3.15. The molecule has 0 spiro atoms. The van der Waals surface area contributed by atoms with Crippen LogP contribution in [0.15, 0.2) is 52.9 Å². The van der Waals surface area contributed by atoms with E-state index in [1.165, 1.54) is 0 Å². The van der Waals surface area contributed by atoms with E-state index in [-0.39, 0.29) is 0 Å². The van der Waals surface area contributed by atoms with Gasteiger partial charge in [0.1, 0.15) is 23.8 Å². The van der Waals surface area contributed by atoms with Gasteiger partial charge in [0.25, 0.3) is 5.71 Å². The minimum absolute atomic E-state index is 0.450. The Labute approximate surface area is 167 Å². The van der Waals surface area contributed by atoms with Gasteiger partial charge in [-0.15, -0.1) is 0 Å². The van der Waals surface area contributed by atoms with E-state index in [4.69, 9.17) is 37.5 Å². The maximum absolute atomic E-state index is 6.42. The van der Waals surface area contributed by atoms with Crippen molar-refractivity contribution < 1.29 is 9.15 Å². The number of fused-ring (bicyclic) bond motifs is 1. The molecule has 4 nitrogen and oxygen atoms in total. The Morgan fingerprint density at radius 1 is 1.11 bits per heavy atom. The molecule has 0 aliphatic heterocycles. The van der Waals surface area contributed by atoms with Gasteiger partial charge in [-0.2, -0.15) is 9.61 Å². The number of oxazole rings is 1. The van der Waals surface area contributed by atoms with Crippen LogP contribution in [-0.4, -0.2) is 9.61 Å². The molecule has 0 radical (unpaired) electrons. The first-order valence-corrected chi connectivity index (χ1v) is 9.47. The number of aromatic nitrogens is 2. The van der Waals surface area contributed by atoms with Gasteiger partial charge in [-0.25, -0.2) is 0 Å². The van der Waals surface area contributed by atoms with Gasteiger partial charge in [0.2, 0.25) is 5.75 Å². The van der Waals surface area contributed by atoms with Crippen molar-refractivity contribution in [2.24, 2.45) is 0 Å². The molecule has 138 valence electrons. The van der Waals surface area contributed by atoms with Crippen LogP contribution in [0.5, 0.6) is 5.75 Å². The maximum Gasteiger partial charge on any atom is 0.266 e. The highest BCUT2D eigenvalue weighted by Gasteiger charge is 2.23. The molecular formula is C21H18Cl2N2O2.